The first-order chi connectivity index (χ1) is 14.5. The van der Waals surface area contributed by atoms with Crippen LogP contribution >= 0.6 is 11.3 Å². The highest BCUT2D eigenvalue weighted by molar-refractivity contribution is 7.15. The molecule has 2 aromatic carbocycles. The fraction of sp³-hybridized carbons (Fsp3) is 0.136. The molecule has 1 amide bonds. The molecule has 0 saturated heterocycles. The van der Waals surface area contributed by atoms with E-state index in [1.165, 1.54) is 6.07 Å². The van der Waals surface area contributed by atoms with Crippen molar-refractivity contribution in [3.8, 4) is 17.0 Å². The Morgan fingerprint density at radius 1 is 1.27 bits per heavy atom. The Hall–Kier alpha value is -3.65. The first-order valence-electron chi connectivity index (χ1n) is 9.36. The van der Waals surface area contributed by atoms with E-state index in [1.54, 1.807) is 35.3 Å². The monoisotopic (exact) mass is 419 g/mol. The van der Waals surface area contributed by atoms with Crippen molar-refractivity contribution in [2.45, 2.75) is 19.6 Å². The number of carboxylic acids is 1. The lowest BCUT2D eigenvalue weighted by atomic mass is 10.1. The summed E-state index contributed by atoms with van der Waals surface area (Å²) in [7, 11) is 0. The van der Waals surface area contributed by atoms with Crippen LogP contribution < -0.4 is 9.64 Å². The average molecular weight is 419 g/mol. The van der Waals surface area contributed by atoms with Crippen molar-refractivity contribution >= 4 is 33.9 Å². The third-order valence-corrected chi connectivity index (χ3v) is 5.84. The van der Waals surface area contributed by atoms with Crippen molar-refractivity contribution in [2.24, 2.45) is 0 Å². The van der Waals surface area contributed by atoms with E-state index >= 15 is 0 Å². The van der Waals surface area contributed by atoms with Crippen LogP contribution in [0.3, 0.4) is 0 Å². The van der Waals surface area contributed by atoms with Gasteiger partial charge in [-0.25, -0.2) is 9.78 Å². The smallest absolute Gasteiger partial charge is 0.335 e. The summed E-state index contributed by atoms with van der Waals surface area (Å²) in [6, 6.07) is 12.3. The summed E-state index contributed by atoms with van der Waals surface area (Å²) in [5.74, 6) is -0.562. The number of hydrogen-bond donors (Lipinski definition) is 1. The first kappa shape index (κ1) is 18.4. The van der Waals surface area contributed by atoms with E-state index in [0.29, 0.717) is 11.4 Å². The molecule has 0 bridgehead atoms. The summed E-state index contributed by atoms with van der Waals surface area (Å²) < 4.78 is 7.76. The van der Waals surface area contributed by atoms with Gasteiger partial charge in [-0.15, -0.1) is 11.3 Å². The fourth-order valence-corrected chi connectivity index (χ4v) is 4.28. The van der Waals surface area contributed by atoms with E-state index in [2.05, 4.69) is 4.98 Å². The van der Waals surface area contributed by atoms with Crippen LogP contribution in [0, 0.1) is 0 Å². The lowest BCUT2D eigenvalue weighted by Gasteiger charge is -2.33. The van der Waals surface area contributed by atoms with Crippen LogP contribution in [0.2, 0.25) is 0 Å². The third-order valence-electron chi connectivity index (χ3n) is 5.07. The Kier molecular flexibility index (Phi) is 4.29. The molecule has 0 spiro atoms. The van der Waals surface area contributed by atoms with Gasteiger partial charge in [0.15, 0.2) is 11.1 Å². The number of carbonyl (C=O) groups excluding carboxylic acids is 1. The zero-order valence-corrected chi connectivity index (χ0v) is 16.8. The molecule has 1 aliphatic heterocycles. The number of ether oxygens (including phenoxy) is 1. The summed E-state index contributed by atoms with van der Waals surface area (Å²) in [5.41, 5.74) is 3.25. The zero-order valence-electron chi connectivity index (χ0n) is 16.0. The van der Waals surface area contributed by atoms with E-state index in [9.17, 15) is 14.7 Å². The number of aromatic nitrogens is 2. The number of rotatable bonds is 4. The summed E-state index contributed by atoms with van der Waals surface area (Å²) >= 11 is 1.55. The standard InChI is InChI=1S/C22H17N3O4S/c1-13-20(26)25(11-14-3-2-4-16(9-14)21(27)28)18-10-15(5-6-19(18)29-13)17-12-24-7-8-30-22(24)23-17/h2-10,12-13H,11H2,1H3,(H,27,28). The van der Waals surface area contributed by atoms with Crippen molar-refractivity contribution in [3.63, 3.8) is 0 Å². The Morgan fingerprint density at radius 2 is 2.13 bits per heavy atom. The van der Waals surface area contributed by atoms with Crippen molar-refractivity contribution in [3.05, 3.63) is 71.4 Å². The number of hydrogen-bond acceptors (Lipinski definition) is 5. The normalized spacial score (nSPS) is 15.8. The molecule has 1 aliphatic rings. The number of amides is 1. The molecule has 7 nitrogen and oxygen atoms in total. The Bertz CT molecular complexity index is 1260. The Labute approximate surface area is 175 Å². The Morgan fingerprint density at radius 3 is 2.93 bits per heavy atom. The van der Waals surface area contributed by atoms with E-state index in [4.69, 9.17) is 4.74 Å². The summed E-state index contributed by atoms with van der Waals surface area (Å²) in [5, 5.41) is 11.2. The predicted molar refractivity (Wildman–Crippen MR) is 113 cm³/mol. The molecular formula is C22H17N3O4S. The SMILES string of the molecule is CC1Oc2ccc(-c3cn4ccsc4n3)cc2N(Cc2cccc(C(=O)O)c2)C1=O. The van der Waals surface area contributed by atoms with Gasteiger partial charge in [0.2, 0.25) is 0 Å². The van der Waals surface area contributed by atoms with Crippen LogP contribution in [-0.4, -0.2) is 32.5 Å². The maximum atomic E-state index is 12.9. The first-order valence-corrected chi connectivity index (χ1v) is 10.2. The number of aromatic carboxylic acids is 1. The van der Waals surface area contributed by atoms with Crippen molar-refractivity contribution in [1.29, 1.82) is 0 Å². The number of anilines is 1. The Balaban J connectivity index is 1.55. The zero-order chi connectivity index (χ0) is 20.8. The lowest BCUT2D eigenvalue weighted by Crippen LogP contribution is -2.44. The van der Waals surface area contributed by atoms with Gasteiger partial charge >= 0.3 is 5.97 Å². The van der Waals surface area contributed by atoms with Crippen LogP contribution in [0.5, 0.6) is 5.75 Å². The fourth-order valence-electron chi connectivity index (χ4n) is 3.58. The molecule has 0 radical (unpaired) electrons. The summed E-state index contributed by atoms with van der Waals surface area (Å²) in [4.78, 5) is 31.4. The van der Waals surface area contributed by atoms with E-state index < -0.39 is 12.1 Å². The highest BCUT2D eigenvalue weighted by atomic mass is 32.1. The van der Waals surface area contributed by atoms with E-state index in [1.807, 2.05) is 46.4 Å². The van der Waals surface area contributed by atoms with Gasteiger partial charge in [-0.1, -0.05) is 12.1 Å². The molecule has 1 N–H and O–H groups in total. The lowest BCUT2D eigenvalue weighted by molar-refractivity contribution is -0.125. The molecule has 1 atom stereocenters. The number of fused-ring (bicyclic) bond motifs is 2. The van der Waals surface area contributed by atoms with Gasteiger partial charge in [0.25, 0.3) is 5.91 Å². The van der Waals surface area contributed by atoms with E-state index in [0.717, 1.165) is 21.8 Å². The van der Waals surface area contributed by atoms with Crippen LogP contribution in [-0.2, 0) is 11.3 Å². The number of carbonyl (C=O) groups is 2. The van der Waals surface area contributed by atoms with Gasteiger partial charge in [0.05, 0.1) is 23.5 Å². The van der Waals surface area contributed by atoms with Crippen LogP contribution in [0.4, 0.5) is 5.69 Å². The number of nitrogens with zero attached hydrogens (tertiary/aromatic N) is 3. The summed E-state index contributed by atoms with van der Waals surface area (Å²) in [6.07, 6.45) is 3.27. The number of thiazole rings is 1. The highest BCUT2D eigenvalue weighted by Crippen LogP contribution is 2.38. The van der Waals surface area contributed by atoms with Crippen LogP contribution in [0.1, 0.15) is 22.8 Å². The second-order valence-corrected chi connectivity index (χ2v) is 7.96. The molecule has 0 saturated carbocycles. The molecule has 3 heterocycles. The van der Waals surface area contributed by atoms with Crippen molar-refractivity contribution in [1.82, 2.24) is 9.38 Å². The minimum Gasteiger partial charge on any atom is -0.479 e. The molecule has 1 unspecified atom stereocenters. The van der Waals surface area contributed by atoms with Crippen molar-refractivity contribution < 1.29 is 19.4 Å². The second kappa shape index (κ2) is 7.00. The van der Waals surface area contributed by atoms with E-state index in [-0.39, 0.29) is 18.0 Å². The topological polar surface area (TPSA) is 84.1 Å². The molecule has 0 fully saturated rings. The van der Waals surface area contributed by atoms with Crippen LogP contribution in [0.25, 0.3) is 16.2 Å². The van der Waals surface area contributed by atoms with Gasteiger partial charge in [0, 0.05) is 23.3 Å². The summed E-state index contributed by atoms with van der Waals surface area (Å²) in [6.45, 7) is 1.96. The number of benzene rings is 2. The molecule has 8 heteroatoms. The predicted octanol–water partition coefficient (Wildman–Crippen LogP) is 4.08. The molecule has 2 aromatic heterocycles. The maximum Gasteiger partial charge on any atom is 0.335 e. The maximum absolute atomic E-state index is 12.9. The molecule has 30 heavy (non-hydrogen) atoms. The number of imidazole rings is 1. The van der Waals surface area contributed by atoms with Gasteiger partial charge in [-0.3, -0.25) is 9.20 Å². The van der Waals surface area contributed by atoms with Gasteiger partial charge in [0.1, 0.15) is 5.75 Å². The molecule has 4 aromatic rings. The minimum absolute atomic E-state index is 0.175. The molecule has 0 aliphatic carbocycles. The third kappa shape index (κ3) is 3.11. The van der Waals surface area contributed by atoms with Crippen molar-refractivity contribution in [2.75, 3.05) is 4.90 Å². The minimum atomic E-state index is -0.999. The van der Waals surface area contributed by atoms with Gasteiger partial charge < -0.3 is 14.7 Å². The van der Waals surface area contributed by atoms with Gasteiger partial charge in [-0.2, -0.15) is 0 Å². The molecule has 5 rings (SSSR count). The van der Waals surface area contributed by atoms with Crippen LogP contribution in [0.15, 0.2) is 60.2 Å². The molecular weight excluding hydrogens is 402 g/mol. The molecule has 150 valence electrons. The largest absolute Gasteiger partial charge is 0.479 e. The average Bonchev–Trinajstić information content (AvgIpc) is 3.34. The van der Waals surface area contributed by atoms with Gasteiger partial charge in [-0.05, 0) is 42.8 Å². The highest BCUT2D eigenvalue weighted by Gasteiger charge is 2.32. The number of carboxylic acid groups (broad SMARTS) is 1. The second-order valence-electron chi connectivity index (χ2n) is 7.09. The quantitative estimate of drug-likeness (QED) is 0.539.